The van der Waals surface area contributed by atoms with Gasteiger partial charge in [0, 0.05) is 11.6 Å². The molecular weight excluding hydrogens is 376 g/mol. The van der Waals surface area contributed by atoms with Crippen molar-refractivity contribution in [3.8, 4) is 0 Å². The fourth-order valence-corrected chi connectivity index (χ4v) is 3.87. The molecular formula is C22H21ClN2O3. The maximum atomic E-state index is 13.3. The summed E-state index contributed by atoms with van der Waals surface area (Å²) in [5.41, 5.74) is 1.55. The summed E-state index contributed by atoms with van der Waals surface area (Å²) in [6, 6.07) is 13.9. The first-order chi connectivity index (χ1) is 13.5. The van der Waals surface area contributed by atoms with Crippen LogP contribution in [-0.2, 0) is 0 Å². The van der Waals surface area contributed by atoms with Crippen molar-refractivity contribution in [3.63, 3.8) is 0 Å². The molecule has 1 amide bonds. The van der Waals surface area contributed by atoms with Crippen molar-refractivity contribution in [2.24, 2.45) is 0 Å². The summed E-state index contributed by atoms with van der Waals surface area (Å²) >= 11 is 6.05. The van der Waals surface area contributed by atoms with Crippen LogP contribution in [0.5, 0.6) is 0 Å². The van der Waals surface area contributed by atoms with Gasteiger partial charge in [0.05, 0.1) is 17.0 Å². The van der Waals surface area contributed by atoms with Crippen LogP contribution < -0.4 is 5.43 Å². The van der Waals surface area contributed by atoms with E-state index in [1.165, 1.54) is 0 Å². The number of benzene rings is 2. The highest BCUT2D eigenvalue weighted by molar-refractivity contribution is 6.30. The van der Waals surface area contributed by atoms with E-state index in [0.29, 0.717) is 28.1 Å². The molecule has 3 aromatic rings. The number of amides is 1. The maximum absolute atomic E-state index is 13.3. The van der Waals surface area contributed by atoms with E-state index in [1.54, 1.807) is 41.3 Å². The van der Waals surface area contributed by atoms with Crippen LogP contribution in [0.25, 0.3) is 11.0 Å². The molecule has 1 atom stereocenters. The summed E-state index contributed by atoms with van der Waals surface area (Å²) < 4.78 is 5.90. The predicted molar refractivity (Wildman–Crippen MR) is 110 cm³/mol. The van der Waals surface area contributed by atoms with Crippen LogP contribution in [0.4, 0.5) is 0 Å². The van der Waals surface area contributed by atoms with Gasteiger partial charge in [-0.25, -0.2) is 0 Å². The first kappa shape index (κ1) is 18.7. The molecule has 0 N–H and O–H groups in total. The van der Waals surface area contributed by atoms with Crippen LogP contribution in [0.15, 0.2) is 57.7 Å². The summed E-state index contributed by atoms with van der Waals surface area (Å²) in [4.78, 5) is 30.3. The Balaban J connectivity index is 1.86. The number of hydrogen-bond donors (Lipinski definition) is 0. The van der Waals surface area contributed by atoms with E-state index in [0.717, 1.165) is 18.5 Å². The fourth-order valence-electron chi connectivity index (χ4n) is 3.75. The Kier molecular flexibility index (Phi) is 4.96. The van der Waals surface area contributed by atoms with Crippen LogP contribution in [0, 0.1) is 0 Å². The summed E-state index contributed by atoms with van der Waals surface area (Å²) in [5.74, 6) is -0.0925. The minimum atomic E-state index is -0.470. The minimum Gasteiger partial charge on any atom is -0.450 e. The Morgan fingerprint density at radius 2 is 1.79 bits per heavy atom. The molecule has 2 heterocycles. The summed E-state index contributed by atoms with van der Waals surface area (Å²) in [5, 5.41) is 1.10. The van der Waals surface area contributed by atoms with Gasteiger partial charge < -0.3 is 14.2 Å². The fraction of sp³-hybridized carbons (Fsp3) is 0.273. The molecule has 0 fully saturated rings. The molecule has 0 bridgehead atoms. The topological polar surface area (TPSA) is 53.8 Å². The molecule has 2 aromatic carbocycles. The Morgan fingerprint density at radius 1 is 1.07 bits per heavy atom. The third-order valence-corrected chi connectivity index (χ3v) is 5.32. The lowest BCUT2D eigenvalue weighted by atomic mass is 9.98. The van der Waals surface area contributed by atoms with Crippen molar-refractivity contribution >= 4 is 28.5 Å². The monoisotopic (exact) mass is 396 g/mol. The molecule has 6 heteroatoms. The van der Waals surface area contributed by atoms with Crippen LogP contribution in [0.1, 0.15) is 34.1 Å². The molecule has 28 heavy (non-hydrogen) atoms. The van der Waals surface area contributed by atoms with Gasteiger partial charge in [-0.1, -0.05) is 35.9 Å². The van der Waals surface area contributed by atoms with Gasteiger partial charge in [0.15, 0.2) is 5.43 Å². The molecule has 1 aliphatic heterocycles. The first-order valence-corrected chi connectivity index (χ1v) is 9.62. The van der Waals surface area contributed by atoms with Crippen molar-refractivity contribution in [1.29, 1.82) is 0 Å². The number of hydrogen-bond acceptors (Lipinski definition) is 4. The van der Waals surface area contributed by atoms with Crippen molar-refractivity contribution in [3.05, 3.63) is 80.7 Å². The number of carbonyl (C=O) groups excluding carboxylic acids is 1. The largest absolute Gasteiger partial charge is 0.450 e. The molecule has 1 unspecified atom stereocenters. The van der Waals surface area contributed by atoms with Crippen molar-refractivity contribution in [1.82, 2.24) is 9.80 Å². The molecule has 0 radical (unpaired) electrons. The molecule has 0 aliphatic carbocycles. The number of nitrogens with zero attached hydrogens (tertiary/aromatic N) is 2. The van der Waals surface area contributed by atoms with Gasteiger partial charge in [-0.15, -0.1) is 0 Å². The third kappa shape index (κ3) is 3.21. The Bertz CT molecular complexity index is 1090. The lowest BCUT2D eigenvalue weighted by molar-refractivity contribution is 0.0722. The number of rotatable bonds is 5. The Hall–Kier alpha value is -2.63. The van der Waals surface area contributed by atoms with E-state index in [4.69, 9.17) is 16.0 Å². The standard InChI is InChI=1S/C22H21ClN2O3/c1-24(2)12-5-13-25-19(14-8-10-15(23)11-9-14)18-20(26)16-6-3-4-7-17(16)28-21(18)22(25)27/h3-4,6-11,19H,5,12-13H2,1-2H3. The molecule has 0 saturated carbocycles. The van der Waals surface area contributed by atoms with Crippen LogP contribution >= 0.6 is 11.6 Å². The summed E-state index contributed by atoms with van der Waals surface area (Å²) in [6.45, 7) is 1.38. The van der Waals surface area contributed by atoms with Crippen LogP contribution in [0.3, 0.4) is 0 Å². The predicted octanol–water partition coefficient (Wildman–Crippen LogP) is 3.94. The number of carbonyl (C=O) groups is 1. The summed E-state index contributed by atoms with van der Waals surface area (Å²) in [7, 11) is 3.99. The molecule has 5 nitrogen and oxygen atoms in total. The third-order valence-electron chi connectivity index (χ3n) is 5.06. The van der Waals surface area contributed by atoms with E-state index in [1.807, 2.05) is 26.2 Å². The van der Waals surface area contributed by atoms with E-state index in [9.17, 15) is 9.59 Å². The second-order valence-corrected chi connectivity index (χ2v) is 7.72. The summed E-state index contributed by atoms with van der Waals surface area (Å²) in [6.07, 6.45) is 0.796. The molecule has 0 spiro atoms. The highest BCUT2D eigenvalue weighted by Crippen LogP contribution is 2.38. The van der Waals surface area contributed by atoms with E-state index < -0.39 is 6.04 Å². The normalized spacial score (nSPS) is 16.2. The van der Waals surface area contributed by atoms with Gasteiger partial charge in [0.1, 0.15) is 5.58 Å². The first-order valence-electron chi connectivity index (χ1n) is 9.24. The van der Waals surface area contributed by atoms with Gasteiger partial charge in [0.2, 0.25) is 5.76 Å². The van der Waals surface area contributed by atoms with Gasteiger partial charge >= 0.3 is 0 Å². The van der Waals surface area contributed by atoms with E-state index in [-0.39, 0.29) is 17.1 Å². The van der Waals surface area contributed by atoms with Crippen molar-refractivity contribution in [2.45, 2.75) is 12.5 Å². The highest BCUT2D eigenvalue weighted by atomic mass is 35.5. The zero-order valence-electron chi connectivity index (χ0n) is 15.8. The van der Waals surface area contributed by atoms with Gasteiger partial charge in [0.25, 0.3) is 5.91 Å². The second-order valence-electron chi connectivity index (χ2n) is 7.28. The zero-order valence-corrected chi connectivity index (χ0v) is 16.6. The Morgan fingerprint density at radius 3 is 2.50 bits per heavy atom. The minimum absolute atomic E-state index is 0.147. The van der Waals surface area contributed by atoms with Crippen LogP contribution in [-0.4, -0.2) is 42.9 Å². The number of para-hydroxylation sites is 1. The molecule has 1 aromatic heterocycles. The highest BCUT2D eigenvalue weighted by Gasteiger charge is 2.42. The molecule has 1 aliphatic rings. The lowest BCUT2D eigenvalue weighted by Gasteiger charge is -2.25. The smallest absolute Gasteiger partial charge is 0.290 e. The van der Waals surface area contributed by atoms with Crippen molar-refractivity contribution in [2.75, 3.05) is 27.2 Å². The van der Waals surface area contributed by atoms with E-state index >= 15 is 0 Å². The van der Waals surface area contributed by atoms with Crippen molar-refractivity contribution < 1.29 is 9.21 Å². The lowest BCUT2D eigenvalue weighted by Crippen LogP contribution is -2.32. The Labute approximate surface area is 168 Å². The van der Waals surface area contributed by atoms with Gasteiger partial charge in [-0.3, -0.25) is 9.59 Å². The van der Waals surface area contributed by atoms with E-state index in [2.05, 4.69) is 4.90 Å². The number of fused-ring (bicyclic) bond motifs is 2. The van der Waals surface area contributed by atoms with Crippen LogP contribution in [0.2, 0.25) is 5.02 Å². The average molecular weight is 397 g/mol. The number of halogens is 1. The molecule has 4 rings (SSSR count). The maximum Gasteiger partial charge on any atom is 0.290 e. The SMILES string of the molecule is CN(C)CCCN1C(=O)c2oc3ccccc3c(=O)c2C1c1ccc(Cl)cc1. The van der Waals surface area contributed by atoms with Gasteiger partial charge in [-0.2, -0.15) is 0 Å². The molecule has 144 valence electrons. The zero-order chi connectivity index (χ0) is 19.8. The molecule has 0 saturated heterocycles. The second kappa shape index (κ2) is 7.41. The quantitative estimate of drug-likeness (QED) is 0.655. The average Bonchev–Trinajstić information content (AvgIpc) is 2.95. The van der Waals surface area contributed by atoms with Gasteiger partial charge in [-0.05, 0) is 56.9 Å².